The summed E-state index contributed by atoms with van der Waals surface area (Å²) in [6.07, 6.45) is 0.946. The largest absolute Gasteiger partial charge is 0.493 e. The standard InChI is InChI=1S/C16H24O2S/c1-6-7-18-16-9-13(5)12(4)8-14(16)15(17)10-19-11(2)3/h8-9,11H,6-7,10H2,1-5H3. The Hall–Kier alpha value is -0.960. The van der Waals surface area contributed by atoms with E-state index in [0.717, 1.165) is 23.3 Å². The molecular weight excluding hydrogens is 256 g/mol. The molecule has 0 radical (unpaired) electrons. The third-order valence-corrected chi connectivity index (χ3v) is 4.00. The Morgan fingerprint density at radius 2 is 1.89 bits per heavy atom. The van der Waals surface area contributed by atoms with E-state index >= 15 is 0 Å². The summed E-state index contributed by atoms with van der Waals surface area (Å²) in [5.41, 5.74) is 3.03. The van der Waals surface area contributed by atoms with Crippen LogP contribution in [0.5, 0.6) is 5.75 Å². The second-order valence-electron chi connectivity index (χ2n) is 5.06. The van der Waals surface area contributed by atoms with E-state index in [1.807, 2.05) is 26.0 Å². The molecular formula is C16H24O2S. The van der Waals surface area contributed by atoms with Crippen molar-refractivity contribution in [2.24, 2.45) is 0 Å². The average molecular weight is 280 g/mol. The smallest absolute Gasteiger partial charge is 0.176 e. The summed E-state index contributed by atoms with van der Waals surface area (Å²) < 4.78 is 5.72. The van der Waals surface area contributed by atoms with E-state index in [1.54, 1.807) is 11.8 Å². The van der Waals surface area contributed by atoms with Crippen molar-refractivity contribution in [2.75, 3.05) is 12.4 Å². The monoisotopic (exact) mass is 280 g/mol. The molecule has 0 unspecified atom stereocenters. The van der Waals surface area contributed by atoms with Crippen LogP contribution in [0.4, 0.5) is 0 Å². The Bertz CT molecular complexity index is 439. The van der Waals surface area contributed by atoms with Gasteiger partial charge in [0.05, 0.1) is 17.9 Å². The minimum absolute atomic E-state index is 0.160. The quantitative estimate of drug-likeness (QED) is 0.692. The number of ketones is 1. The van der Waals surface area contributed by atoms with Crippen LogP contribution < -0.4 is 4.74 Å². The number of rotatable bonds is 7. The number of benzene rings is 1. The number of ether oxygens (including phenoxy) is 1. The van der Waals surface area contributed by atoms with Crippen LogP contribution in [0.25, 0.3) is 0 Å². The van der Waals surface area contributed by atoms with Gasteiger partial charge in [0.15, 0.2) is 5.78 Å². The fourth-order valence-corrected chi connectivity index (χ4v) is 2.30. The van der Waals surface area contributed by atoms with Crippen molar-refractivity contribution < 1.29 is 9.53 Å². The Morgan fingerprint density at radius 1 is 1.26 bits per heavy atom. The van der Waals surface area contributed by atoms with Gasteiger partial charge in [-0.25, -0.2) is 0 Å². The molecule has 0 heterocycles. The number of carbonyl (C=O) groups is 1. The van der Waals surface area contributed by atoms with E-state index in [0.29, 0.717) is 17.6 Å². The number of thioether (sulfide) groups is 1. The van der Waals surface area contributed by atoms with Gasteiger partial charge >= 0.3 is 0 Å². The van der Waals surface area contributed by atoms with Crippen LogP contribution in [-0.4, -0.2) is 23.4 Å². The van der Waals surface area contributed by atoms with E-state index in [-0.39, 0.29) is 5.78 Å². The molecule has 1 aromatic rings. The third-order valence-electron chi connectivity index (χ3n) is 2.91. The molecule has 0 saturated carbocycles. The maximum absolute atomic E-state index is 12.3. The maximum atomic E-state index is 12.3. The van der Waals surface area contributed by atoms with Crippen LogP contribution in [0, 0.1) is 13.8 Å². The summed E-state index contributed by atoms with van der Waals surface area (Å²) in [5.74, 6) is 1.41. The molecule has 2 nitrogen and oxygen atoms in total. The second kappa shape index (κ2) is 7.59. The van der Waals surface area contributed by atoms with E-state index in [9.17, 15) is 4.79 Å². The van der Waals surface area contributed by atoms with E-state index in [1.165, 1.54) is 5.56 Å². The number of hydrogen-bond donors (Lipinski definition) is 0. The third kappa shape index (κ3) is 4.90. The first-order valence-electron chi connectivity index (χ1n) is 6.84. The first kappa shape index (κ1) is 16.1. The summed E-state index contributed by atoms with van der Waals surface area (Å²) in [4.78, 5) is 12.3. The highest BCUT2D eigenvalue weighted by molar-refractivity contribution is 8.00. The molecule has 0 saturated heterocycles. The van der Waals surface area contributed by atoms with Crippen LogP contribution in [0.15, 0.2) is 12.1 Å². The molecule has 19 heavy (non-hydrogen) atoms. The molecule has 0 amide bonds. The zero-order valence-electron chi connectivity index (χ0n) is 12.6. The van der Waals surface area contributed by atoms with Crippen LogP contribution in [-0.2, 0) is 0 Å². The fraction of sp³-hybridized carbons (Fsp3) is 0.562. The van der Waals surface area contributed by atoms with Crippen LogP contribution in [0.2, 0.25) is 0 Å². The van der Waals surface area contributed by atoms with Crippen molar-refractivity contribution in [3.05, 3.63) is 28.8 Å². The lowest BCUT2D eigenvalue weighted by Gasteiger charge is -2.13. The molecule has 0 spiro atoms. The summed E-state index contributed by atoms with van der Waals surface area (Å²) in [7, 11) is 0. The molecule has 1 aromatic carbocycles. The van der Waals surface area contributed by atoms with Gasteiger partial charge in [-0.05, 0) is 48.8 Å². The van der Waals surface area contributed by atoms with E-state index in [4.69, 9.17) is 4.74 Å². The number of aryl methyl sites for hydroxylation is 2. The highest BCUT2D eigenvalue weighted by atomic mass is 32.2. The lowest BCUT2D eigenvalue weighted by Crippen LogP contribution is -2.09. The Balaban J connectivity index is 2.95. The molecule has 1 rings (SSSR count). The van der Waals surface area contributed by atoms with Crippen molar-refractivity contribution in [3.8, 4) is 5.75 Å². The topological polar surface area (TPSA) is 26.3 Å². The van der Waals surface area contributed by atoms with Gasteiger partial charge in [-0.15, -0.1) is 0 Å². The van der Waals surface area contributed by atoms with Crippen molar-refractivity contribution in [1.29, 1.82) is 0 Å². The van der Waals surface area contributed by atoms with Gasteiger partial charge in [0, 0.05) is 0 Å². The molecule has 0 fully saturated rings. The minimum Gasteiger partial charge on any atom is -0.493 e. The summed E-state index contributed by atoms with van der Waals surface area (Å²) >= 11 is 1.67. The zero-order valence-corrected chi connectivity index (χ0v) is 13.4. The molecule has 0 aliphatic heterocycles. The number of hydrogen-bond acceptors (Lipinski definition) is 3. The molecule has 3 heteroatoms. The normalized spacial score (nSPS) is 10.8. The molecule has 0 N–H and O–H groups in total. The van der Waals surface area contributed by atoms with Crippen LogP contribution >= 0.6 is 11.8 Å². The molecule has 0 aliphatic carbocycles. The summed E-state index contributed by atoms with van der Waals surface area (Å²) in [5, 5.41) is 0.468. The minimum atomic E-state index is 0.160. The van der Waals surface area contributed by atoms with Gasteiger partial charge in [-0.2, -0.15) is 11.8 Å². The predicted molar refractivity (Wildman–Crippen MR) is 83.6 cm³/mol. The van der Waals surface area contributed by atoms with Crippen molar-refractivity contribution in [2.45, 2.75) is 46.3 Å². The molecule has 106 valence electrons. The lowest BCUT2D eigenvalue weighted by molar-refractivity contribution is 0.101. The van der Waals surface area contributed by atoms with Crippen molar-refractivity contribution in [1.82, 2.24) is 0 Å². The van der Waals surface area contributed by atoms with Crippen molar-refractivity contribution >= 4 is 17.5 Å². The number of carbonyl (C=O) groups excluding carboxylic acids is 1. The Kier molecular flexibility index (Phi) is 6.43. The van der Waals surface area contributed by atoms with Gasteiger partial charge in [-0.1, -0.05) is 20.8 Å². The van der Waals surface area contributed by atoms with Crippen molar-refractivity contribution in [3.63, 3.8) is 0 Å². The van der Waals surface area contributed by atoms with Gasteiger partial charge in [0.25, 0.3) is 0 Å². The van der Waals surface area contributed by atoms with E-state index in [2.05, 4.69) is 20.8 Å². The molecule has 0 aliphatic rings. The van der Waals surface area contributed by atoms with Crippen LogP contribution in [0.1, 0.15) is 48.7 Å². The number of Topliss-reactive ketones (excluding diaryl/α,β-unsaturated/α-hetero) is 1. The van der Waals surface area contributed by atoms with Gasteiger partial charge < -0.3 is 4.74 Å². The predicted octanol–water partition coefficient (Wildman–Crippen LogP) is 4.42. The van der Waals surface area contributed by atoms with E-state index < -0.39 is 0 Å². The zero-order chi connectivity index (χ0) is 14.4. The lowest BCUT2D eigenvalue weighted by atomic mass is 10.0. The summed E-state index contributed by atoms with van der Waals surface area (Å²) in [6.45, 7) is 11.0. The van der Waals surface area contributed by atoms with Gasteiger partial charge in [0.2, 0.25) is 0 Å². The fourth-order valence-electron chi connectivity index (χ4n) is 1.66. The summed E-state index contributed by atoms with van der Waals surface area (Å²) in [6, 6.07) is 3.95. The van der Waals surface area contributed by atoms with Crippen LogP contribution in [0.3, 0.4) is 0 Å². The van der Waals surface area contributed by atoms with Gasteiger partial charge in [0.1, 0.15) is 5.75 Å². The maximum Gasteiger partial charge on any atom is 0.176 e. The average Bonchev–Trinajstić information content (AvgIpc) is 2.36. The van der Waals surface area contributed by atoms with Gasteiger partial charge in [-0.3, -0.25) is 4.79 Å². The highest BCUT2D eigenvalue weighted by Gasteiger charge is 2.15. The Labute approximate surface area is 120 Å². The SMILES string of the molecule is CCCOc1cc(C)c(C)cc1C(=O)CSC(C)C. The molecule has 0 atom stereocenters. The second-order valence-corrected chi connectivity index (χ2v) is 6.63. The Morgan fingerprint density at radius 3 is 2.47 bits per heavy atom. The first-order valence-corrected chi connectivity index (χ1v) is 7.89. The molecule has 0 aromatic heterocycles. The molecule has 0 bridgehead atoms. The highest BCUT2D eigenvalue weighted by Crippen LogP contribution is 2.25. The first-order chi connectivity index (χ1) is 8.95.